The van der Waals surface area contributed by atoms with Crippen molar-refractivity contribution in [2.24, 2.45) is 17.3 Å². The summed E-state index contributed by atoms with van der Waals surface area (Å²) in [5.41, 5.74) is -10.1. The van der Waals surface area contributed by atoms with E-state index in [1.54, 1.807) is 20.8 Å². The van der Waals surface area contributed by atoms with Crippen molar-refractivity contribution < 1.29 is 62.6 Å². The van der Waals surface area contributed by atoms with Crippen molar-refractivity contribution in [1.29, 1.82) is 0 Å². The Balaban J connectivity index is 1.67. The fourth-order valence-corrected chi connectivity index (χ4v) is 6.45. The van der Waals surface area contributed by atoms with Gasteiger partial charge in [-0.1, -0.05) is 0 Å². The topological polar surface area (TPSA) is 35.5 Å². The van der Waals surface area contributed by atoms with E-state index in [1.807, 2.05) is 0 Å². The van der Waals surface area contributed by atoms with E-state index < -0.39 is 64.5 Å². The summed E-state index contributed by atoms with van der Waals surface area (Å²) in [6.07, 6.45) is 0.751. The lowest BCUT2D eigenvalue weighted by molar-refractivity contribution is -0.489. The average Bonchev–Trinajstić information content (AvgIpc) is 2.68. The third kappa shape index (κ3) is 3.23. The van der Waals surface area contributed by atoms with Crippen LogP contribution in [-0.4, -0.2) is 59.1 Å². The lowest BCUT2D eigenvalue weighted by atomic mass is 9.52. The molecule has 0 spiro atoms. The van der Waals surface area contributed by atoms with Gasteiger partial charge in [0.05, 0.1) is 17.6 Å². The molecule has 0 heterocycles. The molecule has 0 saturated heterocycles. The van der Waals surface area contributed by atoms with Crippen molar-refractivity contribution in [1.82, 2.24) is 0 Å². The number of ether oxygens (including phenoxy) is 2. The van der Waals surface area contributed by atoms with Crippen molar-refractivity contribution in [2.75, 3.05) is 6.61 Å². The highest BCUT2D eigenvalue weighted by Crippen LogP contribution is 2.70. The second-order valence-electron chi connectivity index (χ2n) is 11.9. The molecule has 0 aromatic carbocycles. The number of esters is 1. The Morgan fingerprint density at radius 1 is 0.694 bits per heavy atom. The first kappa shape index (κ1) is 27.7. The van der Waals surface area contributed by atoms with E-state index in [0.717, 1.165) is 0 Å². The maximum atomic E-state index is 15.2. The van der Waals surface area contributed by atoms with E-state index in [9.17, 15) is 48.7 Å². The minimum absolute atomic E-state index is 0.0471. The molecule has 5 rings (SSSR count). The molecule has 0 radical (unpaired) electrons. The van der Waals surface area contributed by atoms with Crippen LogP contribution < -0.4 is 0 Å². The molecule has 0 aromatic heterocycles. The second-order valence-corrected chi connectivity index (χ2v) is 11.9. The predicted octanol–water partition coefficient (Wildman–Crippen LogP) is 6.58. The van der Waals surface area contributed by atoms with E-state index in [1.165, 1.54) is 0 Å². The molecule has 5 saturated carbocycles. The number of alkyl halides is 11. The predicted molar refractivity (Wildman–Crippen MR) is 100 cm³/mol. The van der Waals surface area contributed by atoms with Crippen LogP contribution in [0.25, 0.3) is 0 Å². The van der Waals surface area contributed by atoms with E-state index in [0.29, 0.717) is 19.3 Å². The normalized spacial score (nSPS) is 40.6. The van der Waals surface area contributed by atoms with Crippen LogP contribution in [0.4, 0.5) is 48.3 Å². The summed E-state index contributed by atoms with van der Waals surface area (Å²) in [7, 11) is 0. The number of carbonyl (C=O) groups excluding carboxylic acids is 1. The van der Waals surface area contributed by atoms with Crippen molar-refractivity contribution in [2.45, 2.75) is 106 Å². The molecular weight excluding hydrogens is 521 g/mol. The summed E-state index contributed by atoms with van der Waals surface area (Å²) < 4.78 is 166. The van der Waals surface area contributed by atoms with Gasteiger partial charge in [0.25, 0.3) is 5.67 Å². The molecule has 5 fully saturated rings. The van der Waals surface area contributed by atoms with Gasteiger partial charge in [0.1, 0.15) is 5.60 Å². The van der Waals surface area contributed by atoms with Gasteiger partial charge in [0.15, 0.2) is 0 Å². The maximum Gasteiger partial charge on any atom is 0.384 e. The van der Waals surface area contributed by atoms with Crippen LogP contribution >= 0.6 is 0 Å². The Kier molecular flexibility index (Phi) is 5.53. The van der Waals surface area contributed by atoms with Gasteiger partial charge in [-0.3, -0.25) is 4.79 Å². The zero-order chi connectivity index (χ0) is 27.6. The number of hydrogen-bond acceptors (Lipinski definition) is 3. The van der Waals surface area contributed by atoms with Crippen molar-refractivity contribution in [3.8, 4) is 0 Å². The summed E-state index contributed by atoms with van der Waals surface area (Å²) in [4.78, 5) is 12.5. The summed E-state index contributed by atoms with van der Waals surface area (Å²) in [5.74, 6) is -36.7. The molecule has 14 heteroatoms. The second kappa shape index (κ2) is 7.19. The van der Waals surface area contributed by atoms with Gasteiger partial charge >= 0.3 is 35.6 Å². The molecule has 208 valence electrons. The first-order valence-corrected chi connectivity index (χ1v) is 11.4. The summed E-state index contributed by atoms with van der Waals surface area (Å²) in [6.45, 7) is 1.96. The van der Waals surface area contributed by atoms with Crippen LogP contribution in [0.2, 0.25) is 0 Å². The monoisotopic (exact) mass is 546 g/mol. The fraction of sp³-hybridized carbons (Fsp3) is 0.955. The molecule has 5 aliphatic carbocycles. The molecule has 36 heavy (non-hydrogen) atoms. The van der Waals surface area contributed by atoms with Crippen molar-refractivity contribution in [3.05, 3.63) is 0 Å². The van der Waals surface area contributed by atoms with E-state index in [-0.39, 0.29) is 31.1 Å². The van der Waals surface area contributed by atoms with Gasteiger partial charge in [0, 0.05) is 6.42 Å². The summed E-state index contributed by atoms with van der Waals surface area (Å²) >= 11 is 0. The Morgan fingerprint density at radius 3 is 1.50 bits per heavy atom. The standard InChI is InChI=1S/C22H25F11O3/c1-14(2,3)13(34)36-16-7-11-4-12(8-16)6-15(5-11,9-16)35-10-17(23)18(24,25)20(28,29)22(32,33)21(30,31)19(17,26)27/h11-12H,4-10H2,1-3H3. The lowest BCUT2D eigenvalue weighted by Crippen LogP contribution is -2.84. The van der Waals surface area contributed by atoms with Gasteiger partial charge in [-0.25, -0.2) is 4.39 Å². The van der Waals surface area contributed by atoms with Crippen molar-refractivity contribution >= 4 is 5.97 Å². The Bertz CT molecular complexity index is 896. The first-order chi connectivity index (χ1) is 15.9. The molecule has 0 aliphatic heterocycles. The average molecular weight is 546 g/mol. The van der Waals surface area contributed by atoms with Crippen LogP contribution in [0.15, 0.2) is 0 Å². The van der Waals surface area contributed by atoms with Crippen molar-refractivity contribution in [3.63, 3.8) is 0 Å². The maximum absolute atomic E-state index is 15.2. The van der Waals surface area contributed by atoms with Crippen LogP contribution in [0.5, 0.6) is 0 Å². The summed E-state index contributed by atoms with van der Waals surface area (Å²) in [5, 5.41) is 0. The van der Waals surface area contributed by atoms with Crippen LogP contribution in [0.1, 0.15) is 59.3 Å². The molecule has 0 amide bonds. The highest BCUT2D eigenvalue weighted by atomic mass is 19.4. The molecule has 3 nitrogen and oxygen atoms in total. The van der Waals surface area contributed by atoms with Crippen LogP contribution in [0.3, 0.4) is 0 Å². The van der Waals surface area contributed by atoms with Gasteiger partial charge in [-0.15, -0.1) is 0 Å². The van der Waals surface area contributed by atoms with E-state index >= 15 is 4.39 Å². The number of carbonyl (C=O) groups is 1. The minimum atomic E-state index is -7.26. The minimum Gasteiger partial charge on any atom is -0.459 e. The molecule has 2 atom stereocenters. The lowest BCUT2D eigenvalue weighted by Gasteiger charge is -2.61. The zero-order valence-electron chi connectivity index (χ0n) is 19.5. The zero-order valence-corrected chi connectivity index (χ0v) is 19.5. The van der Waals surface area contributed by atoms with Gasteiger partial charge in [-0.2, -0.15) is 43.9 Å². The SMILES string of the molecule is CC(C)(C)C(=O)OC12CC3CC(CC(OCC4(F)C(F)(F)C(F)(F)C(F)(F)C(F)(F)C4(F)F)(C3)C1)C2. The molecule has 2 unspecified atom stereocenters. The largest absolute Gasteiger partial charge is 0.459 e. The smallest absolute Gasteiger partial charge is 0.384 e. The van der Waals surface area contributed by atoms with Gasteiger partial charge in [0.2, 0.25) is 0 Å². The third-order valence-corrected chi connectivity index (χ3v) is 8.03. The summed E-state index contributed by atoms with van der Waals surface area (Å²) in [6, 6.07) is 0. The van der Waals surface area contributed by atoms with Gasteiger partial charge in [-0.05, 0) is 64.7 Å². The fourth-order valence-electron chi connectivity index (χ4n) is 6.45. The Labute approximate surface area is 199 Å². The van der Waals surface area contributed by atoms with E-state index in [4.69, 9.17) is 9.47 Å². The Morgan fingerprint density at radius 2 is 1.08 bits per heavy atom. The third-order valence-electron chi connectivity index (χ3n) is 8.03. The highest BCUT2D eigenvalue weighted by Gasteiger charge is 3.01. The molecule has 0 aromatic rings. The highest BCUT2D eigenvalue weighted by molar-refractivity contribution is 5.76. The van der Waals surface area contributed by atoms with Crippen LogP contribution in [0, 0.1) is 17.3 Å². The quantitative estimate of drug-likeness (QED) is 0.295. The molecule has 4 bridgehead atoms. The number of halogens is 11. The molecule has 0 N–H and O–H groups in total. The molecular formula is C22H25F11O3. The number of hydrogen-bond donors (Lipinski definition) is 0. The number of rotatable bonds is 4. The molecule has 5 aliphatic rings. The van der Waals surface area contributed by atoms with Crippen LogP contribution in [-0.2, 0) is 14.3 Å². The first-order valence-electron chi connectivity index (χ1n) is 11.4. The van der Waals surface area contributed by atoms with E-state index in [2.05, 4.69) is 0 Å². The Hall–Kier alpha value is -1.34. The van der Waals surface area contributed by atoms with Gasteiger partial charge < -0.3 is 9.47 Å².